The van der Waals surface area contributed by atoms with Crippen molar-refractivity contribution in [2.45, 2.75) is 19.8 Å². The van der Waals surface area contributed by atoms with E-state index in [-0.39, 0.29) is 0 Å². The van der Waals surface area contributed by atoms with Gasteiger partial charge in [-0.1, -0.05) is 42.5 Å². The van der Waals surface area contributed by atoms with E-state index in [1.165, 1.54) is 11.1 Å². The van der Waals surface area contributed by atoms with Crippen LogP contribution in [0.5, 0.6) is 5.75 Å². The fourth-order valence-corrected chi connectivity index (χ4v) is 2.55. The number of hydrogen-bond acceptors (Lipinski definition) is 2. The molecule has 0 aromatic heterocycles. The Morgan fingerprint density at radius 1 is 1.21 bits per heavy atom. The highest BCUT2D eigenvalue weighted by Gasteiger charge is 1.99. The molecule has 0 atom stereocenters. The van der Waals surface area contributed by atoms with Gasteiger partial charge in [0.15, 0.2) is 5.11 Å². The van der Waals surface area contributed by atoms with Crippen LogP contribution in [0.3, 0.4) is 0 Å². The van der Waals surface area contributed by atoms with Crippen molar-refractivity contribution in [2.24, 2.45) is 0 Å². The molecule has 2 rings (SSSR count). The van der Waals surface area contributed by atoms with Gasteiger partial charge in [-0.15, -0.1) is 0 Å². The molecular weight excluding hydrogens is 316 g/mol. The zero-order valence-electron chi connectivity index (χ0n) is 14.0. The lowest BCUT2D eigenvalue weighted by Crippen LogP contribution is -2.29. The molecule has 2 aromatic rings. The van der Waals surface area contributed by atoms with Crippen LogP contribution in [0.15, 0.2) is 61.2 Å². The molecule has 0 saturated carbocycles. The Morgan fingerprint density at radius 3 is 2.71 bits per heavy atom. The lowest BCUT2D eigenvalue weighted by Gasteiger charge is -2.11. The van der Waals surface area contributed by atoms with E-state index in [4.69, 9.17) is 17.0 Å². The summed E-state index contributed by atoms with van der Waals surface area (Å²) in [7, 11) is 0. The molecule has 0 unspecified atom stereocenters. The minimum absolute atomic E-state index is 0.508. The fourth-order valence-electron chi connectivity index (χ4n) is 2.33. The summed E-state index contributed by atoms with van der Waals surface area (Å²) in [5.74, 6) is 0.817. The van der Waals surface area contributed by atoms with E-state index in [1.807, 2.05) is 24.3 Å². The van der Waals surface area contributed by atoms with E-state index in [1.54, 1.807) is 6.08 Å². The molecular formula is C20H24N2OS. The predicted octanol–water partition coefficient (Wildman–Crippen LogP) is 4.48. The van der Waals surface area contributed by atoms with Gasteiger partial charge in [0.2, 0.25) is 0 Å². The van der Waals surface area contributed by atoms with Crippen LogP contribution in [0.4, 0.5) is 5.69 Å². The molecule has 0 spiro atoms. The summed E-state index contributed by atoms with van der Waals surface area (Å²) in [6.07, 6.45) is 3.81. The van der Waals surface area contributed by atoms with Crippen molar-refractivity contribution in [1.82, 2.24) is 5.32 Å². The minimum atomic E-state index is 0.508. The standard InChI is InChI=1S/C20H24N2OS/c1-3-14-23-19-11-9-18(10-12-19)22-20(24)21-13-5-8-17-7-4-6-16(2)15-17/h3-4,6-7,9-12,15H,1,5,8,13-14H2,2H3,(H2,21,22,24). The Balaban J connectivity index is 1.68. The number of benzene rings is 2. The number of thiocarbonyl (C=S) groups is 1. The van der Waals surface area contributed by atoms with E-state index in [2.05, 4.69) is 48.4 Å². The molecule has 0 aliphatic carbocycles. The van der Waals surface area contributed by atoms with Crippen molar-refractivity contribution in [3.05, 3.63) is 72.3 Å². The monoisotopic (exact) mass is 340 g/mol. The third-order valence-electron chi connectivity index (χ3n) is 3.49. The van der Waals surface area contributed by atoms with Gasteiger partial charge >= 0.3 is 0 Å². The lowest BCUT2D eigenvalue weighted by atomic mass is 10.1. The maximum atomic E-state index is 5.45. The molecule has 24 heavy (non-hydrogen) atoms. The van der Waals surface area contributed by atoms with Gasteiger partial charge in [0, 0.05) is 12.2 Å². The van der Waals surface area contributed by atoms with Crippen molar-refractivity contribution >= 4 is 23.0 Å². The number of aryl methyl sites for hydroxylation is 2. The molecule has 2 aromatic carbocycles. The Labute approximate surface area is 149 Å². The summed E-state index contributed by atoms with van der Waals surface area (Å²) in [5, 5.41) is 7.06. The Hall–Kier alpha value is -2.33. The van der Waals surface area contributed by atoms with E-state index < -0.39 is 0 Å². The maximum Gasteiger partial charge on any atom is 0.170 e. The molecule has 0 bridgehead atoms. The van der Waals surface area contributed by atoms with Gasteiger partial charge < -0.3 is 15.4 Å². The molecule has 3 nitrogen and oxygen atoms in total. The largest absolute Gasteiger partial charge is 0.490 e. The van der Waals surface area contributed by atoms with Crippen LogP contribution < -0.4 is 15.4 Å². The number of anilines is 1. The topological polar surface area (TPSA) is 33.3 Å². The molecule has 0 heterocycles. The maximum absolute atomic E-state index is 5.45. The fraction of sp³-hybridized carbons (Fsp3) is 0.250. The van der Waals surface area contributed by atoms with Gasteiger partial charge in [-0.3, -0.25) is 0 Å². The van der Waals surface area contributed by atoms with Gasteiger partial charge in [-0.2, -0.15) is 0 Å². The Bertz CT molecular complexity index is 668. The molecule has 0 aliphatic rings. The lowest BCUT2D eigenvalue weighted by molar-refractivity contribution is 0.363. The van der Waals surface area contributed by atoms with Crippen LogP contribution in [-0.2, 0) is 6.42 Å². The first-order chi connectivity index (χ1) is 11.7. The first kappa shape index (κ1) is 18.0. The van der Waals surface area contributed by atoms with Gasteiger partial charge in [0.1, 0.15) is 12.4 Å². The van der Waals surface area contributed by atoms with Crippen molar-refractivity contribution in [3.63, 3.8) is 0 Å². The Kier molecular flexibility index (Phi) is 7.30. The van der Waals surface area contributed by atoms with Crippen LogP contribution in [-0.4, -0.2) is 18.3 Å². The molecule has 0 amide bonds. The average molecular weight is 340 g/mol. The smallest absolute Gasteiger partial charge is 0.170 e. The second-order valence-corrected chi connectivity index (χ2v) is 6.01. The van der Waals surface area contributed by atoms with Gasteiger partial charge in [-0.05, 0) is 61.8 Å². The third kappa shape index (κ3) is 6.42. The summed E-state index contributed by atoms with van der Waals surface area (Å²) in [4.78, 5) is 0. The Morgan fingerprint density at radius 2 is 2.00 bits per heavy atom. The molecule has 126 valence electrons. The molecule has 0 aliphatic heterocycles. The zero-order chi connectivity index (χ0) is 17.2. The van der Waals surface area contributed by atoms with Crippen LogP contribution >= 0.6 is 12.2 Å². The van der Waals surface area contributed by atoms with Gasteiger partial charge in [0.05, 0.1) is 0 Å². The minimum Gasteiger partial charge on any atom is -0.490 e. The molecule has 0 saturated heterocycles. The number of hydrogen-bond donors (Lipinski definition) is 2. The van der Waals surface area contributed by atoms with Crippen molar-refractivity contribution in [1.29, 1.82) is 0 Å². The molecule has 0 fully saturated rings. The van der Waals surface area contributed by atoms with Crippen molar-refractivity contribution in [3.8, 4) is 5.75 Å². The first-order valence-electron chi connectivity index (χ1n) is 8.11. The van der Waals surface area contributed by atoms with Gasteiger partial charge in [-0.25, -0.2) is 0 Å². The van der Waals surface area contributed by atoms with E-state index in [9.17, 15) is 0 Å². The third-order valence-corrected chi connectivity index (χ3v) is 3.74. The second-order valence-electron chi connectivity index (χ2n) is 5.60. The number of ether oxygens (including phenoxy) is 1. The highest BCUT2D eigenvalue weighted by atomic mass is 32.1. The van der Waals surface area contributed by atoms with E-state index in [0.717, 1.165) is 30.8 Å². The van der Waals surface area contributed by atoms with Crippen molar-refractivity contribution < 1.29 is 4.74 Å². The normalized spacial score (nSPS) is 10.0. The molecule has 4 heteroatoms. The summed E-state index contributed by atoms with van der Waals surface area (Å²) >= 11 is 5.32. The summed E-state index contributed by atoms with van der Waals surface area (Å²) in [6, 6.07) is 16.3. The SMILES string of the molecule is C=CCOc1ccc(NC(=S)NCCCc2cccc(C)c2)cc1. The quantitative estimate of drug-likeness (QED) is 0.422. The van der Waals surface area contributed by atoms with Crippen LogP contribution in [0, 0.1) is 6.92 Å². The average Bonchev–Trinajstić information content (AvgIpc) is 2.58. The highest BCUT2D eigenvalue weighted by Crippen LogP contribution is 2.15. The molecule has 0 radical (unpaired) electrons. The summed E-state index contributed by atoms with van der Waals surface area (Å²) in [5.41, 5.74) is 3.61. The summed E-state index contributed by atoms with van der Waals surface area (Å²) in [6.45, 7) is 7.10. The van der Waals surface area contributed by atoms with E-state index in [0.29, 0.717) is 11.7 Å². The summed E-state index contributed by atoms with van der Waals surface area (Å²) < 4.78 is 5.45. The zero-order valence-corrected chi connectivity index (χ0v) is 14.9. The second kappa shape index (κ2) is 9.73. The predicted molar refractivity (Wildman–Crippen MR) is 106 cm³/mol. The van der Waals surface area contributed by atoms with E-state index >= 15 is 0 Å². The van der Waals surface area contributed by atoms with Crippen LogP contribution in [0.1, 0.15) is 17.5 Å². The highest BCUT2D eigenvalue weighted by molar-refractivity contribution is 7.80. The number of nitrogens with one attached hydrogen (secondary N) is 2. The first-order valence-corrected chi connectivity index (χ1v) is 8.52. The van der Waals surface area contributed by atoms with Crippen molar-refractivity contribution in [2.75, 3.05) is 18.5 Å². The van der Waals surface area contributed by atoms with Gasteiger partial charge in [0.25, 0.3) is 0 Å². The van der Waals surface area contributed by atoms with Crippen LogP contribution in [0.2, 0.25) is 0 Å². The van der Waals surface area contributed by atoms with Crippen LogP contribution in [0.25, 0.3) is 0 Å². The molecule has 2 N–H and O–H groups in total. The number of rotatable bonds is 8.